The van der Waals surface area contributed by atoms with Crippen molar-refractivity contribution in [2.45, 2.75) is 18.8 Å². The Labute approximate surface area is 199 Å². The van der Waals surface area contributed by atoms with Crippen molar-refractivity contribution in [3.05, 3.63) is 105 Å². The van der Waals surface area contributed by atoms with Gasteiger partial charge in [-0.2, -0.15) is 0 Å². The van der Waals surface area contributed by atoms with Gasteiger partial charge >= 0.3 is 0 Å². The van der Waals surface area contributed by atoms with Crippen LogP contribution in [-0.2, 0) is 5.41 Å². The van der Waals surface area contributed by atoms with Crippen LogP contribution in [0.2, 0.25) is 0 Å². The Bertz CT molecular complexity index is 1190. The van der Waals surface area contributed by atoms with Crippen LogP contribution in [0.4, 0.5) is 0 Å². The maximum Gasteiger partial charge on any atom is 0.0557 e. The van der Waals surface area contributed by atoms with Crippen molar-refractivity contribution < 1.29 is 0 Å². The van der Waals surface area contributed by atoms with E-state index in [0.717, 1.165) is 15.4 Å². The summed E-state index contributed by atoms with van der Waals surface area (Å²) in [6.45, 7) is 2.18. The summed E-state index contributed by atoms with van der Waals surface area (Å²) in [6.07, 6.45) is 2.50. The highest BCUT2D eigenvalue weighted by molar-refractivity contribution is 9.10. The van der Waals surface area contributed by atoms with Crippen molar-refractivity contribution >= 4 is 38.1 Å². The molecule has 0 fully saturated rings. The average molecular weight is 531 g/mol. The smallest absolute Gasteiger partial charge is 0.0557 e. The van der Waals surface area contributed by atoms with E-state index >= 15 is 0 Å². The van der Waals surface area contributed by atoms with E-state index in [4.69, 9.17) is 5.41 Å². The monoisotopic (exact) mass is 529 g/mol. The van der Waals surface area contributed by atoms with Gasteiger partial charge in [-0.3, -0.25) is 0 Å². The third-order valence-corrected chi connectivity index (χ3v) is 7.51. The molecule has 0 unspecified atom stereocenters. The number of hydrogen-bond acceptors (Lipinski definition) is 1. The fourth-order valence-electron chi connectivity index (χ4n) is 4.72. The molecule has 31 heavy (non-hydrogen) atoms. The number of fused-ring (bicyclic) bond motifs is 3. The summed E-state index contributed by atoms with van der Waals surface area (Å²) >= 11 is 7.05. The van der Waals surface area contributed by atoms with Gasteiger partial charge in [0.15, 0.2) is 0 Å². The minimum absolute atomic E-state index is 0.401. The molecule has 0 saturated heterocycles. The van der Waals surface area contributed by atoms with E-state index in [2.05, 4.69) is 124 Å². The lowest BCUT2D eigenvalue weighted by molar-refractivity contribution is 0.686. The van der Waals surface area contributed by atoms with E-state index in [1.165, 1.54) is 44.5 Å². The van der Waals surface area contributed by atoms with Crippen molar-refractivity contribution in [2.24, 2.45) is 0 Å². The largest absolute Gasteiger partial charge is 0.312 e. The number of benzene rings is 4. The first kappa shape index (κ1) is 20.4. The molecule has 1 aliphatic rings. The van der Waals surface area contributed by atoms with Gasteiger partial charge in [-0.05, 0) is 87.3 Å². The molecule has 0 atom stereocenters. The van der Waals surface area contributed by atoms with E-state index < -0.39 is 5.41 Å². The first-order chi connectivity index (χ1) is 15.1. The second kappa shape index (κ2) is 7.89. The predicted molar refractivity (Wildman–Crippen MR) is 138 cm³/mol. The van der Waals surface area contributed by atoms with E-state index in [0.29, 0.717) is 0 Å². The Hall–Kier alpha value is -2.49. The van der Waals surface area contributed by atoms with Gasteiger partial charge in [-0.25, -0.2) is 0 Å². The van der Waals surface area contributed by atoms with Crippen LogP contribution in [0.25, 0.3) is 33.4 Å². The van der Waals surface area contributed by atoms with Gasteiger partial charge in [-0.1, -0.05) is 87.3 Å². The molecule has 0 aromatic heterocycles. The Balaban J connectivity index is 1.68. The molecule has 4 aromatic carbocycles. The van der Waals surface area contributed by atoms with E-state index in [1.54, 1.807) is 6.21 Å². The van der Waals surface area contributed by atoms with Gasteiger partial charge in [0, 0.05) is 15.2 Å². The molecule has 5 rings (SSSR count). The first-order valence-electron chi connectivity index (χ1n) is 10.4. The van der Waals surface area contributed by atoms with Crippen LogP contribution in [0.5, 0.6) is 0 Å². The number of nitrogens with one attached hydrogen (secondary N) is 1. The van der Waals surface area contributed by atoms with Crippen LogP contribution in [0.1, 0.15) is 24.5 Å². The molecule has 0 aliphatic heterocycles. The predicted octanol–water partition coefficient (Wildman–Crippen LogP) is 8.87. The second-order valence-electron chi connectivity index (χ2n) is 8.00. The molecule has 1 N–H and O–H groups in total. The highest BCUT2D eigenvalue weighted by atomic mass is 79.9. The van der Waals surface area contributed by atoms with Crippen LogP contribution in [0, 0.1) is 5.41 Å². The zero-order valence-electron chi connectivity index (χ0n) is 17.1. The summed E-state index contributed by atoms with van der Waals surface area (Å²) in [5, 5.41) is 8.48. The summed E-state index contributed by atoms with van der Waals surface area (Å²) in [5.41, 5.74) is 9.29. The first-order valence-corrected chi connectivity index (χ1v) is 12.0. The molecule has 152 valence electrons. The molecule has 0 spiro atoms. The zero-order valence-corrected chi connectivity index (χ0v) is 20.3. The molecular weight excluding hydrogens is 510 g/mol. The third kappa shape index (κ3) is 3.31. The van der Waals surface area contributed by atoms with Crippen molar-refractivity contribution in [2.75, 3.05) is 0 Å². The maximum absolute atomic E-state index is 8.48. The van der Waals surface area contributed by atoms with E-state index in [9.17, 15) is 0 Å². The maximum atomic E-state index is 8.48. The summed E-state index contributed by atoms with van der Waals surface area (Å²) in [5.74, 6) is 0. The van der Waals surface area contributed by atoms with Crippen LogP contribution < -0.4 is 0 Å². The Morgan fingerprint density at radius 2 is 1.03 bits per heavy atom. The number of rotatable bonds is 4. The number of hydrogen-bond donors (Lipinski definition) is 1. The van der Waals surface area contributed by atoms with Crippen molar-refractivity contribution in [1.29, 1.82) is 5.41 Å². The fourth-order valence-corrected chi connectivity index (χ4v) is 5.25. The molecule has 1 aliphatic carbocycles. The molecule has 0 saturated carbocycles. The lowest BCUT2D eigenvalue weighted by Gasteiger charge is -2.26. The molecule has 4 aromatic rings. The van der Waals surface area contributed by atoms with Gasteiger partial charge in [0.2, 0.25) is 0 Å². The quantitative estimate of drug-likeness (QED) is 0.255. The molecule has 1 nitrogen and oxygen atoms in total. The van der Waals surface area contributed by atoms with Gasteiger partial charge in [0.05, 0.1) is 5.41 Å². The molecule has 0 radical (unpaired) electrons. The van der Waals surface area contributed by atoms with Gasteiger partial charge in [0.25, 0.3) is 0 Å². The zero-order chi connectivity index (χ0) is 21.6. The molecule has 3 heteroatoms. The van der Waals surface area contributed by atoms with Gasteiger partial charge in [-0.15, -0.1) is 0 Å². The van der Waals surface area contributed by atoms with Crippen molar-refractivity contribution in [3.8, 4) is 33.4 Å². The van der Waals surface area contributed by atoms with Gasteiger partial charge < -0.3 is 5.41 Å². The highest BCUT2D eigenvalue weighted by Crippen LogP contribution is 2.51. The van der Waals surface area contributed by atoms with Crippen molar-refractivity contribution in [3.63, 3.8) is 0 Å². The number of halogens is 2. The minimum atomic E-state index is -0.401. The Morgan fingerprint density at radius 1 is 0.645 bits per heavy atom. The standard InChI is InChI=1S/C28H21Br2N/c1-2-28(17-31)26-15-20(18-3-9-22(29)10-4-18)7-13-24(26)25-14-8-21(16-27(25)28)19-5-11-23(30)12-6-19/h3-17,31H,2H2,1H3. The third-order valence-electron chi connectivity index (χ3n) is 6.45. The summed E-state index contributed by atoms with van der Waals surface area (Å²) < 4.78 is 2.15. The van der Waals surface area contributed by atoms with Crippen molar-refractivity contribution in [1.82, 2.24) is 0 Å². The normalized spacial score (nSPS) is 13.5. The minimum Gasteiger partial charge on any atom is -0.312 e. The fraction of sp³-hybridized carbons (Fsp3) is 0.107. The highest BCUT2D eigenvalue weighted by Gasteiger charge is 2.40. The van der Waals surface area contributed by atoms with E-state index in [-0.39, 0.29) is 0 Å². The molecule has 0 heterocycles. The lowest BCUT2D eigenvalue weighted by Crippen LogP contribution is -2.25. The SMILES string of the molecule is CCC1(C=N)c2cc(-c3ccc(Br)cc3)ccc2-c2ccc(-c3ccc(Br)cc3)cc21. The molecule has 0 amide bonds. The second-order valence-corrected chi connectivity index (χ2v) is 9.84. The van der Waals surface area contributed by atoms with Gasteiger partial charge in [0.1, 0.15) is 0 Å². The summed E-state index contributed by atoms with van der Waals surface area (Å²) in [4.78, 5) is 0. The lowest BCUT2D eigenvalue weighted by atomic mass is 9.76. The summed E-state index contributed by atoms with van der Waals surface area (Å²) in [6, 6.07) is 30.3. The van der Waals surface area contributed by atoms with Crippen LogP contribution in [0.15, 0.2) is 93.9 Å². The Kier molecular flexibility index (Phi) is 5.19. The average Bonchev–Trinajstić information content (AvgIpc) is 3.09. The Morgan fingerprint density at radius 3 is 1.39 bits per heavy atom. The summed E-state index contributed by atoms with van der Waals surface area (Å²) in [7, 11) is 0. The van der Waals surface area contributed by atoms with Crippen LogP contribution >= 0.6 is 31.9 Å². The molecular formula is C28H21Br2N. The van der Waals surface area contributed by atoms with Crippen LogP contribution in [-0.4, -0.2) is 6.21 Å². The van der Waals surface area contributed by atoms with Crippen LogP contribution in [0.3, 0.4) is 0 Å². The molecule has 0 bridgehead atoms. The topological polar surface area (TPSA) is 23.9 Å². The van der Waals surface area contributed by atoms with E-state index in [1.807, 2.05) is 0 Å².